The molecule has 1 rings (SSSR count). The van der Waals surface area contributed by atoms with Crippen LogP contribution in [0, 0.1) is 5.92 Å². The third kappa shape index (κ3) is 2.55. The fourth-order valence-electron chi connectivity index (χ4n) is 1.79. The van der Waals surface area contributed by atoms with Gasteiger partial charge in [-0.1, -0.05) is 13.8 Å². The summed E-state index contributed by atoms with van der Waals surface area (Å²) in [6, 6.07) is 0. The summed E-state index contributed by atoms with van der Waals surface area (Å²) in [4.78, 5) is 23.3. The van der Waals surface area contributed by atoms with Crippen LogP contribution in [-0.4, -0.2) is 16.7 Å². The zero-order chi connectivity index (χ0) is 11.4. The fraction of sp³-hybridized carbons (Fsp3) is 0.500. The van der Waals surface area contributed by atoms with Crippen molar-refractivity contribution in [2.75, 3.05) is 0 Å². The number of ketones is 2. The molecule has 0 aromatic heterocycles. The molecule has 0 fully saturated rings. The molecule has 0 bridgehead atoms. The molecule has 0 spiro atoms. The molecule has 1 aliphatic carbocycles. The normalized spacial score (nSPS) is 20.9. The Morgan fingerprint density at radius 2 is 2.07 bits per heavy atom. The molecule has 1 aliphatic rings. The van der Waals surface area contributed by atoms with Crippen LogP contribution < -0.4 is 0 Å². The van der Waals surface area contributed by atoms with Crippen LogP contribution in [0.5, 0.6) is 0 Å². The van der Waals surface area contributed by atoms with Crippen molar-refractivity contribution in [1.29, 1.82) is 0 Å². The Labute approximate surface area is 89.5 Å². The van der Waals surface area contributed by atoms with Crippen LogP contribution in [0.3, 0.4) is 0 Å². The predicted octanol–water partition coefficient (Wildman–Crippen LogP) is 2.33. The third-order valence-corrected chi connectivity index (χ3v) is 2.51. The predicted molar refractivity (Wildman–Crippen MR) is 57.5 cm³/mol. The molecule has 1 N–H and O–H groups in total. The lowest BCUT2D eigenvalue weighted by Gasteiger charge is -2.18. The molecule has 1 atom stereocenters. The lowest BCUT2D eigenvalue weighted by atomic mass is 9.83. The molecule has 15 heavy (non-hydrogen) atoms. The Morgan fingerprint density at radius 3 is 2.60 bits per heavy atom. The van der Waals surface area contributed by atoms with E-state index < -0.39 is 5.92 Å². The topological polar surface area (TPSA) is 54.4 Å². The molecular formula is C12H16O3. The zero-order valence-electron chi connectivity index (χ0n) is 9.12. The molecule has 1 unspecified atom stereocenters. The van der Waals surface area contributed by atoms with Gasteiger partial charge in [0.25, 0.3) is 0 Å². The van der Waals surface area contributed by atoms with Gasteiger partial charge in [-0.05, 0) is 24.5 Å². The van der Waals surface area contributed by atoms with Crippen molar-refractivity contribution in [2.24, 2.45) is 5.92 Å². The van der Waals surface area contributed by atoms with Gasteiger partial charge in [-0.2, -0.15) is 0 Å². The number of rotatable bonds is 4. The van der Waals surface area contributed by atoms with Crippen LogP contribution in [-0.2, 0) is 9.59 Å². The third-order valence-electron chi connectivity index (χ3n) is 2.51. The Hall–Kier alpha value is -1.38. The number of carbonyl (C=O) groups is 2. The van der Waals surface area contributed by atoms with Gasteiger partial charge >= 0.3 is 0 Å². The highest BCUT2D eigenvalue weighted by molar-refractivity contribution is 6.11. The molecular weight excluding hydrogens is 192 g/mol. The molecule has 0 aromatic carbocycles. The first-order valence-electron chi connectivity index (χ1n) is 5.27. The molecule has 0 saturated heterocycles. The van der Waals surface area contributed by atoms with Crippen molar-refractivity contribution in [1.82, 2.24) is 0 Å². The molecule has 0 aromatic rings. The van der Waals surface area contributed by atoms with Crippen molar-refractivity contribution >= 4 is 11.6 Å². The molecule has 0 saturated carbocycles. The first-order chi connectivity index (χ1) is 7.10. The molecule has 0 aliphatic heterocycles. The molecule has 3 nitrogen and oxygen atoms in total. The number of Topliss-reactive ketones (excluding diaryl/α,β-unsaturated/α-hetero) is 1. The Bertz CT molecular complexity index is 337. The maximum Gasteiger partial charge on any atom is 0.173 e. The summed E-state index contributed by atoms with van der Waals surface area (Å²) in [6.07, 6.45) is 4.44. The number of aliphatic hydroxyl groups is 1. The first kappa shape index (κ1) is 11.7. The fourth-order valence-corrected chi connectivity index (χ4v) is 1.79. The van der Waals surface area contributed by atoms with Crippen LogP contribution in [0.1, 0.15) is 33.1 Å². The van der Waals surface area contributed by atoms with E-state index in [-0.39, 0.29) is 17.3 Å². The minimum absolute atomic E-state index is 0.0423. The van der Waals surface area contributed by atoms with E-state index in [2.05, 4.69) is 0 Å². The van der Waals surface area contributed by atoms with Gasteiger partial charge in [0.15, 0.2) is 5.78 Å². The number of allylic oxidation sites excluding steroid dienone is 3. The second-order valence-corrected chi connectivity index (χ2v) is 3.69. The van der Waals surface area contributed by atoms with Gasteiger partial charge in [0.05, 0.1) is 0 Å². The summed E-state index contributed by atoms with van der Waals surface area (Å²) in [6.45, 7) is 3.79. The molecule has 0 radical (unpaired) electrons. The summed E-state index contributed by atoms with van der Waals surface area (Å²) < 4.78 is 0. The second-order valence-electron chi connectivity index (χ2n) is 3.69. The van der Waals surface area contributed by atoms with Crippen LogP contribution >= 0.6 is 0 Å². The maximum absolute atomic E-state index is 11.7. The highest BCUT2D eigenvalue weighted by atomic mass is 16.3. The Balaban J connectivity index is 2.93. The monoisotopic (exact) mass is 208 g/mol. The largest absolute Gasteiger partial charge is 0.508 e. The van der Waals surface area contributed by atoms with E-state index in [4.69, 9.17) is 0 Å². The average Bonchev–Trinajstić information content (AvgIpc) is 2.16. The van der Waals surface area contributed by atoms with E-state index in [0.29, 0.717) is 12.8 Å². The first-order valence-corrected chi connectivity index (χ1v) is 5.27. The lowest BCUT2D eigenvalue weighted by Crippen LogP contribution is -2.27. The average molecular weight is 208 g/mol. The lowest BCUT2D eigenvalue weighted by molar-refractivity contribution is -0.129. The van der Waals surface area contributed by atoms with Crippen molar-refractivity contribution in [3.05, 3.63) is 23.5 Å². The van der Waals surface area contributed by atoms with Gasteiger partial charge < -0.3 is 5.11 Å². The highest BCUT2D eigenvalue weighted by Crippen LogP contribution is 2.25. The Kier molecular flexibility index (Phi) is 3.83. The SMILES string of the molecule is CCCC(=O)C1C(=O)C=C(O)C=C1CC. The molecule has 0 heterocycles. The van der Waals surface area contributed by atoms with Crippen molar-refractivity contribution < 1.29 is 14.7 Å². The minimum Gasteiger partial charge on any atom is -0.508 e. The van der Waals surface area contributed by atoms with Gasteiger partial charge in [-0.3, -0.25) is 9.59 Å². The molecule has 82 valence electrons. The van der Waals surface area contributed by atoms with Gasteiger partial charge in [0.1, 0.15) is 17.5 Å². The van der Waals surface area contributed by atoms with E-state index >= 15 is 0 Å². The summed E-state index contributed by atoms with van der Waals surface area (Å²) in [5, 5.41) is 9.26. The minimum atomic E-state index is -0.647. The van der Waals surface area contributed by atoms with Gasteiger partial charge in [-0.25, -0.2) is 0 Å². The molecule has 3 heteroatoms. The highest BCUT2D eigenvalue weighted by Gasteiger charge is 2.30. The van der Waals surface area contributed by atoms with Crippen LogP contribution in [0.25, 0.3) is 0 Å². The maximum atomic E-state index is 11.7. The summed E-state index contributed by atoms with van der Waals surface area (Å²) in [5.41, 5.74) is 0.721. The smallest absolute Gasteiger partial charge is 0.173 e. The second kappa shape index (κ2) is 4.91. The number of hydrogen-bond acceptors (Lipinski definition) is 3. The van der Waals surface area contributed by atoms with E-state index in [9.17, 15) is 14.7 Å². The summed E-state index contributed by atoms with van der Waals surface area (Å²) >= 11 is 0. The van der Waals surface area contributed by atoms with E-state index in [0.717, 1.165) is 18.1 Å². The van der Waals surface area contributed by atoms with E-state index in [1.165, 1.54) is 6.08 Å². The van der Waals surface area contributed by atoms with Crippen molar-refractivity contribution in [3.63, 3.8) is 0 Å². The summed E-state index contributed by atoms with van der Waals surface area (Å²) in [5.74, 6) is -1.02. The van der Waals surface area contributed by atoms with Crippen molar-refractivity contribution in [2.45, 2.75) is 33.1 Å². The number of aliphatic hydroxyl groups excluding tert-OH is 1. The number of carbonyl (C=O) groups excluding carboxylic acids is 2. The van der Waals surface area contributed by atoms with E-state index in [1.807, 2.05) is 13.8 Å². The van der Waals surface area contributed by atoms with Crippen LogP contribution in [0.2, 0.25) is 0 Å². The Morgan fingerprint density at radius 1 is 1.40 bits per heavy atom. The summed E-state index contributed by atoms with van der Waals surface area (Å²) in [7, 11) is 0. The zero-order valence-corrected chi connectivity index (χ0v) is 9.12. The molecule has 0 amide bonds. The van der Waals surface area contributed by atoms with Crippen LogP contribution in [0.15, 0.2) is 23.5 Å². The number of hydrogen-bond donors (Lipinski definition) is 1. The van der Waals surface area contributed by atoms with Gasteiger partial charge in [0.2, 0.25) is 0 Å². The standard InChI is InChI=1S/C12H16O3/c1-3-5-10(14)12-8(4-2)6-9(13)7-11(12)15/h6-7,12-13H,3-5H2,1-2H3. The van der Waals surface area contributed by atoms with Crippen molar-refractivity contribution in [3.8, 4) is 0 Å². The van der Waals surface area contributed by atoms with Gasteiger partial charge in [0, 0.05) is 12.5 Å². The van der Waals surface area contributed by atoms with E-state index in [1.54, 1.807) is 0 Å². The van der Waals surface area contributed by atoms with Gasteiger partial charge in [-0.15, -0.1) is 0 Å². The van der Waals surface area contributed by atoms with Crippen LogP contribution in [0.4, 0.5) is 0 Å². The quantitative estimate of drug-likeness (QED) is 0.721.